The third-order valence-electron chi connectivity index (χ3n) is 1.84. The first-order chi connectivity index (χ1) is 6.75. The fraction of sp³-hybridized carbons (Fsp3) is 0.286. The first-order valence-electron chi connectivity index (χ1n) is 3.73. The minimum absolute atomic E-state index is 0.0771. The van der Waals surface area contributed by atoms with Crippen molar-refractivity contribution in [2.75, 3.05) is 5.73 Å². The first kappa shape index (κ1) is 12.1. The van der Waals surface area contributed by atoms with Gasteiger partial charge in [0.1, 0.15) is 10.6 Å². The molecule has 0 aliphatic heterocycles. The maximum Gasteiger partial charge on any atom is 0.280 e. The number of hydrogen-bond donors (Lipinski definition) is 1. The highest BCUT2D eigenvalue weighted by Gasteiger charge is 2.21. The number of pyridine rings is 1. The average molecular weight is 257 g/mol. The molecule has 0 spiro atoms. The predicted octanol–water partition coefficient (Wildman–Crippen LogP) is 1.84. The third-order valence-corrected chi connectivity index (χ3v) is 3.19. The van der Waals surface area contributed by atoms with Crippen molar-refractivity contribution in [3.63, 3.8) is 0 Å². The minimum Gasteiger partial charge on any atom is -0.397 e. The van der Waals surface area contributed by atoms with Gasteiger partial charge in [-0.1, -0.05) is 0 Å². The largest absolute Gasteiger partial charge is 0.397 e. The predicted molar refractivity (Wildman–Crippen MR) is 51.4 cm³/mol. The molecular formula is C7H7ClF2N2O2S. The van der Waals surface area contributed by atoms with Crippen molar-refractivity contribution in [2.24, 2.45) is 0 Å². The Kier molecular flexibility index (Phi) is 3.15. The molecule has 0 radical (unpaired) electrons. The van der Waals surface area contributed by atoms with Gasteiger partial charge in [-0.25, -0.2) is 17.2 Å². The molecule has 15 heavy (non-hydrogen) atoms. The van der Waals surface area contributed by atoms with Crippen molar-refractivity contribution in [1.82, 2.24) is 4.98 Å². The van der Waals surface area contributed by atoms with Gasteiger partial charge in [0.2, 0.25) is 0 Å². The second-order valence-electron chi connectivity index (χ2n) is 2.78. The number of alkyl halides is 2. The maximum absolute atomic E-state index is 12.3. The number of rotatable bonds is 2. The van der Waals surface area contributed by atoms with Crippen LogP contribution in [-0.2, 0) is 9.05 Å². The van der Waals surface area contributed by atoms with Crippen LogP contribution in [0.3, 0.4) is 0 Å². The highest BCUT2D eigenvalue weighted by Crippen LogP contribution is 2.30. The maximum atomic E-state index is 12.3. The lowest BCUT2D eigenvalue weighted by Gasteiger charge is -2.09. The van der Waals surface area contributed by atoms with E-state index in [9.17, 15) is 17.2 Å². The summed E-state index contributed by atoms with van der Waals surface area (Å²) in [5, 5.41) is 0. The van der Waals surface area contributed by atoms with Crippen LogP contribution in [0.5, 0.6) is 0 Å². The van der Waals surface area contributed by atoms with Gasteiger partial charge in [-0.3, -0.25) is 4.98 Å². The van der Waals surface area contributed by atoms with Gasteiger partial charge < -0.3 is 5.73 Å². The zero-order valence-corrected chi connectivity index (χ0v) is 9.11. The number of anilines is 1. The van der Waals surface area contributed by atoms with E-state index in [1.165, 1.54) is 6.92 Å². The summed E-state index contributed by atoms with van der Waals surface area (Å²) in [5.74, 6) is 0. The standard InChI is InChI=1S/C7H7ClF2N2O2S/c1-3-5(11)4(15(8,13)14)2-12-6(3)7(9)10/h2,7H,1H3,(H2,11,12). The van der Waals surface area contributed by atoms with Crippen LogP contribution < -0.4 is 5.73 Å². The summed E-state index contributed by atoms with van der Waals surface area (Å²) in [6.07, 6.45) is -2.08. The number of hydrogen-bond acceptors (Lipinski definition) is 4. The molecule has 8 heteroatoms. The van der Waals surface area contributed by atoms with Crippen molar-refractivity contribution in [2.45, 2.75) is 18.2 Å². The summed E-state index contributed by atoms with van der Waals surface area (Å²) >= 11 is 0. The van der Waals surface area contributed by atoms with Crippen molar-refractivity contribution < 1.29 is 17.2 Å². The molecule has 0 saturated heterocycles. The summed E-state index contributed by atoms with van der Waals surface area (Å²) in [6.45, 7) is 1.26. The van der Waals surface area contributed by atoms with E-state index in [1.807, 2.05) is 0 Å². The molecule has 0 bridgehead atoms. The molecule has 0 aromatic carbocycles. The van der Waals surface area contributed by atoms with E-state index in [4.69, 9.17) is 16.4 Å². The van der Waals surface area contributed by atoms with Gasteiger partial charge in [0.15, 0.2) is 0 Å². The van der Waals surface area contributed by atoms with Gasteiger partial charge >= 0.3 is 0 Å². The van der Waals surface area contributed by atoms with Crippen molar-refractivity contribution in [3.05, 3.63) is 17.5 Å². The lowest BCUT2D eigenvalue weighted by molar-refractivity contribution is 0.145. The number of nitrogen functional groups attached to an aromatic ring is 1. The van der Waals surface area contributed by atoms with E-state index in [1.54, 1.807) is 0 Å². The Morgan fingerprint density at radius 1 is 1.53 bits per heavy atom. The zero-order chi connectivity index (χ0) is 11.8. The van der Waals surface area contributed by atoms with E-state index in [0.29, 0.717) is 0 Å². The molecule has 0 aliphatic rings. The number of nitrogens with zero attached hydrogens (tertiary/aromatic N) is 1. The van der Waals surface area contributed by atoms with Crippen molar-refractivity contribution in [3.8, 4) is 0 Å². The number of halogens is 3. The Morgan fingerprint density at radius 2 is 2.07 bits per heavy atom. The second kappa shape index (κ2) is 3.90. The van der Waals surface area contributed by atoms with E-state index < -0.39 is 26.1 Å². The van der Waals surface area contributed by atoms with Gasteiger partial charge in [0.05, 0.1) is 5.69 Å². The average Bonchev–Trinajstić information content (AvgIpc) is 2.06. The fourth-order valence-electron chi connectivity index (χ4n) is 1.03. The molecular weight excluding hydrogens is 250 g/mol. The lowest BCUT2D eigenvalue weighted by Crippen LogP contribution is -2.06. The van der Waals surface area contributed by atoms with Crippen LogP contribution in [0.1, 0.15) is 17.7 Å². The molecule has 1 rings (SSSR count). The van der Waals surface area contributed by atoms with Gasteiger partial charge in [-0.2, -0.15) is 0 Å². The van der Waals surface area contributed by atoms with E-state index in [2.05, 4.69) is 4.98 Å². The van der Waals surface area contributed by atoms with Crippen LogP contribution in [0.2, 0.25) is 0 Å². The van der Waals surface area contributed by atoms with E-state index >= 15 is 0 Å². The molecule has 0 aliphatic carbocycles. The molecule has 84 valence electrons. The fourth-order valence-corrected chi connectivity index (χ4v) is 1.99. The quantitative estimate of drug-likeness (QED) is 0.820. The smallest absolute Gasteiger partial charge is 0.280 e. The van der Waals surface area contributed by atoms with Crippen LogP contribution in [-0.4, -0.2) is 13.4 Å². The molecule has 1 aromatic heterocycles. The Labute approximate surface area is 89.5 Å². The van der Waals surface area contributed by atoms with Crippen LogP contribution in [0.15, 0.2) is 11.1 Å². The summed E-state index contributed by atoms with van der Waals surface area (Å²) < 4.78 is 46.6. The molecule has 0 unspecified atom stereocenters. The van der Waals surface area contributed by atoms with Crippen LogP contribution in [0.4, 0.5) is 14.5 Å². The van der Waals surface area contributed by atoms with Gasteiger partial charge in [0, 0.05) is 22.4 Å². The normalized spacial score (nSPS) is 12.1. The molecule has 0 fully saturated rings. The number of aromatic nitrogens is 1. The first-order valence-corrected chi connectivity index (χ1v) is 6.04. The lowest BCUT2D eigenvalue weighted by atomic mass is 10.2. The highest BCUT2D eigenvalue weighted by molar-refractivity contribution is 8.13. The van der Waals surface area contributed by atoms with Gasteiger partial charge in [0.25, 0.3) is 15.5 Å². The van der Waals surface area contributed by atoms with Crippen LogP contribution >= 0.6 is 10.7 Å². The highest BCUT2D eigenvalue weighted by atomic mass is 35.7. The summed E-state index contributed by atoms with van der Waals surface area (Å²) in [4.78, 5) is 2.86. The Hall–Kier alpha value is -0.950. The third kappa shape index (κ3) is 2.35. The SMILES string of the molecule is Cc1c(C(F)F)ncc(S(=O)(=O)Cl)c1N. The summed E-state index contributed by atoms with van der Waals surface area (Å²) in [5.41, 5.74) is 4.45. The molecule has 1 aromatic rings. The van der Waals surface area contributed by atoms with Crippen LogP contribution in [0.25, 0.3) is 0 Å². The molecule has 0 amide bonds. The minimum atomic E-state index is -4.06. The Balaban J connectivity index is 3.48. The molecule has 0 atom stereocenters. The molecule has 2 N–H and O–H groups in total. The molecule has 1 heterocycles. The molecule has 4 nitrogen and oxygen atoms in total. The van der Waals surface area contributed by atoms with Crippen LogP contribution in [0, 0.1) is 6.92 Å². The van der Waals surface area contributed by atoms with Gasteiger partial charge in [-0.15, -0.1) is 0 Å². The number of nitrogens with two attached hydrogens (primary N) is 1. The Morgan fingerprint density at radius 3 is 2.47 bits per heavy atom. The monoisotopic (exact) mass is 256 g/mol. The summed E-state index contributed by atoms with van der Waals surface area (Å²) in [7, 11) is 0.974. The zero-order valence-electron chi connectivity index (χ0n) is 7.54. The van der Waals surface area contributed by atoms with Crippen molar-refractivity contribution in [1.29, 1.82) is 0 Å². The second-order valence-corrected chi connectivity index (χ2v) is 5.32. The van der Waals surface area contributed by atoms with E-state index in [0.717, 1.165) is 6.20 Å². The molecule has 0 saturated carbocycles. The Bertz CT molecular complexity index is 490. The van der Waals surface area contributed by atoms with Crippen molar-refractivity contribution >= 4 is 25.4 Å². The van der Waals surface area contributed by atoms with E-state index in [-0.39, 0.29) is 11.3 Å². The topological polar surface area (TPSA) is 73.0 Å². The van der Waals surface area contributed by atoms with Gasteiger partial charge in [-0.05, 0) is 6.92 Å². The summed E-state index contributed by atoms with van der Waals surface area (Å²) in [6, 6.07) is 0.